The summed E-state index contributed by atoms with van der Waals surface area (Å²) in [6.45, 7) is 4.19. The number of aliphatic hydroxyl groups excluding tert-OH is 1. The monoisotopic (exact) mass is 402 g/mol. The van der Waals surface area contributed by atoms with Gasteiger partial charge in [0.1, 0.15) is 24.4 Å². The van der Waals surface area contributed by atoms with Crippen LogP contribution in [-0.4, -0.2) is 35.3 Å². The Hall–Kier alpha value is -0.470. The van der Waals surface area contributed by atoms with Crippen molar-refractivity contribution in [3.63, 3.8) is 0 Å². The number of rotatable bonds is 3. The summed E-state index contributed by atoms with van der Waals surface area (Å²) in [4.78, 5) is 0. The van der Waals surface area contributed by atoms with Crippen molar-refractivity contribution in [2.24, 2.45) is 0 Å². The third-order valence-electron chi connectivity index (χ3n) is 3.68. The summed E-state index contributed by atoms with van der Waals surface area (Å²) in [5.74, 6) is -0.672. The molecule has 0 spiro atoms. The van der Waals surface area contributed by atoms with E-state index in [0.29, 0.717) is 6.61 Å². The molecule has 0 bridgehead atoms. The molecule has 1 aliphatic heterocycles. The highest BCUT2D eigenvalue weighted by Gasteiger charge is 2.50. The number of fused-ring (bicyclic) bond motifs is 1. The van der Waals surface area contributed by atoms with Gasteiger partial charge < -0.3 is 19.3 Å². The summed E-state index contributed by atoms with van der Waals surface area (Å²) in [6.07, 6.45) is 0.250. The molecular formula is C16H19IO4. The normalized spacial score (nSPS) is 34.4. The molecule has 4 nitrogen and oxygen atoms in total. The zero-order valence-corrected chi connectivity index (χ0v) is 14.2. The van der Waals surface area contributed by atoms with Crippen LogP contribution in [0.15, 0.2) is 40.0 Å². The van der Waals surface area contributed by atoms with E-state index in [0.717, 1.165) is 9.14 Å². The van der Waals surface area contributed by atoms with Crippen LogP contribution < -0.4 is 0 Å². The molecule has 3 rings (SSSR count). The van der Waals surface area contributed by atoms with Crippen molar-refractivity contribution >= 4 is 22.6 Å². The highest BCUT2D eigenvalue weighted by atomic mass is 127. The fraction of sp³-hybridized carbons (Fsp3) is 0.500. The van der Waals surface area contributed by atoms with Gasteiger partial charge in [-0.05, 0) is 48.1 Å². The third-order valence-corrected chi connectivity index (χ3v) is 4.66. The molecule has 4 atom stereocenters. The lowest BCUT2D eigenvalue weighted by molar-refractivity contribution is -0.161. The molecule has 21 heavy (non-hydrogen) atoms. The first-order valence-electron chi connectivity index (χ1n) is 7.03. The van der Waals surface area contributed by atoms with E-state index in [4.69, 9.17) is 14.2 Å². The van der Waals surface area contributed by atoms with E-state index < -0.39 is 11.9 Å². The van der Waals surface area contributed by atoms with Gasteiger partial charge in [0, 0.05) is 3.58 Å². The lowest BCUT2D eigenvalue weighted by Crippen LogP contribution is -2.47. The van der Waals surface area contributed by atoms with Gasteiger partial charge in [-0.3, -0.25) is 0 Å². The highest BCUT2D eigenvalue weighted by Crippen LogP contribution is 2.40. The molecule has 1 heterocycles. The Morgan fingerprint density at radius 1 is 1.24 bits per heavy atom. The Balaban J connectivity index is 1.70. The minimum absolute atomic E-state index is 0.202. The molecule has 5 heteroatoms. The molecule has 0 aromatic heterocycles. The molecule has 0 saturated carbocycles. The van der Waals surface area contributed by atoms with Crippen LogP contribution in [0.25, 0.3) is 0 Å². The lowest BCUT2D eigenvalue weighted by atomic mass is 9.96. The van der Waals surface area contributed by atoms with E-state index in [-0.39, 0.29) is 18.3 Å². The van der Waals surface area contributed by atoms with Crippen LogP contribution in [0.2, 0.25) is 0 Å². The van der Waals surface area contributed by atoms with Crippen LogP contribution in [0, 0.1) is 0 Å². The minimum Gasteiger partial charge on any atom is -0.387 e. The fourth-order valence-corrected chi connectivity index (χ4v) is 3.54. The van der Waals surface area contributed by atoms with E-state index >= 15 is 0 Å². The first kappa shape index (κ1) is 15.4. The first-order valence-corrected chi connectivity index (χ1v) is 8.10. The average molecular weight is 402 g/mol. The Bertz CT molecular complexity index is 528. The summed E-state index contributed by atoms with van der Waals surface area (Å²) in [5, 5.41) is 10.5. The Labute approximate surface area is 138 Å². The SMILES string of the molecule is CC1(C)OC2C(I)=CC(OCc3ccccc3)[C@@H](O)C2O1. The quantitative estimate of drug-likeness (QED) is 0.791. The molecule has 1 aromatic rings. The predicted octanol–water partition coefficient (Wildman–Crippen LogP) is 2.79. The number of hydrogen-bond donors (Lipinski definition) is 1. The van der Waals surface area contributed by atoms with Gasteiger partial charge in [-0.15, -0.1) is 0 Å². The van der Waals surface area contributed by atoms with Crippen LogP contribution in [0.5, 0.6) is 0 Å². The Kier molecular flexibility index (Phi) is 4.38. The van der Waals surface area contributed by atoms with Crippen LogP contribution >= 0.6 is 22.6 Å². The van der Waals surface area contributed by atoms with E-state index in [1.165, 1.54) is 0 Å². The minimum atomic E-state index is -0.723. The summed E-state index contributed by atoms with van der Waals surface area (Å²) in [6, 6.07) is 9.93. The maximum Gasteiger partial charge on any atom is 0.164 e. The number of hydrogen-bond acceptors (Lipinski definition) is 4. The van der Waals surface area contributed by atoms with E-state index in [9.17, 15) is 5.11 Å². The number of aliphatic hydroxyl groups is 1. The van der Waals surface area contributed by atoms with Gasteiger partial charge in [-0.25, -0.2) is 0 Å². The summed E-state index contributed by atoms with van der Waals surface area (Å²) >= 11 is 2.24. The second kappa shape index (κ2) is 5.96. The summed E-state index contributed by atoms with van der Waals surface area (Å²) in [5.41, 5.74) is 1.08. The Morgan fingerprint density at radius 3 is 2.67 bits per heavy atom. The van der Waals surface area contributed by atoms with E-state index in [2.05, 4.69) is 22.6 Å². The molecule has 3 unspecified atom stereocenters. The number of halogens is 1. The maximum atomic E-state index is 10.5. The summed E-state index contributed by atoms with van der Waals surface area (Å²) < 4.78 is 18.5. The zero-order chi connectivity index (χ0) is 15.0. The summed E-state index contributed by atoms with van der Waals surface area (Å²) in [7, 11) is 0. The molecule has 114 valence electrons. The van der Waals surface area contributed by atoms with Gasteiger partial charge in [0.25, 0.3) is 0 Å². The number of ether oxygens (including phenoxy) is 3. The van der Waals surface area contributed by atoms with Gasteiger partial charge >= 0.3 is 0 Å². The Morgan fingerprint density at radius 2 is 1.95 bits per heavy atom. The van der Waals surface area contributed by atoms with Crippen molar-refractivity contribution < 1.29 is 19.3 Å². The van der Waals surface area contributed by atoms with Gasteiger partial charge in [0.15, 0.2) is 5.79 Å². The van der Waals surface area contributed by atoms with Crippen LogP contribution in [0.3, 0.4) is 0 Å². The second-order valence-corrected chi connectivity index (χ2v) is 7.07. The average Bonchev–Trinajstić information content (AvgIpc) is 2.79. The van der Waals surface area contributed by atoms with Crippen LogP contribution in [0.1, 0.15) is 19.4 Å². The molecule has 0 radical (unpaired) electrons. The molecular weight excluding hydrogens is 383 g/mol. The second-order valence-electron chi connectivity index (χ2n) is 5.82. The van der Waals surface area contributed by atoms with Crippen LogP contribution in [-0.2, 0) is 20.8 Å². The zero-order valence-electron chi connectivity index (χ0n) is 12.0. The topological polar surface area (TPSA) is 47.9 Å². The van der Waals surface area contributed by atoms with Crippen molar-refractivity contribution in [1.82, 2.24) is 0 Å². The lowest BCUT2D eigenvalue weighted by Gasteiger charge is -2.32. The van der Waals surface area contributed by atoms with Crippen LogP contribution in [0.4, 0.5) is 0 Å². The first-order chi connectivity index (χ1) is 9.96. The highest BCUT2D eigenvalue weighted by molar-refractivity contribution is 14.1. The van der Waals surface area contributed by atoms with Crippen molar-refractivity contribution in [3.8, 4) is 0 Å². The van der Waals surface area contributed by atoms with Crippen molar-refractivity contribution in [2.75, 3.05) is 0 Å². The molecule has 1 saturated heterocycles. The fourth-order valence-electron chi connectivity index (χ4n) is 2.70. The van der Waals surface area contributed by atoms with Gasteiger partial charge in [-0.1, -0.05) is 30.3 Å². The maximum absolute atomic E-state index is 10.5. The molecule has 1 aliphatic carbocycles. The number of benzene rings is 1. The molecule has 1 fully saturated rings. The molecule has 2 aliphatic rings. The van der Waals surface area contributed by atoms with Gasteiger partial charge in [0.05, 0.1) is 6.61 Å². The molecule has 0 amide bonds. The van der Waals surface area contributed by atoms with Crippen molar-refractivity contribution in [2.45, 2.75) is 50.7 Å². The smallest absolute Gasteiger partial charge is 0.164 e. The van der Waals surface area contributed by atoms with Gasteiger partial charge in [0.2, 0.25) is 0 Å². The van der Waals surface area contributed by atoms with Crippen molar-refractivity contribution in [3.05, 3.63) is 45.6 Å². The van der Waals surface area contributed by atoms with E-state index in [1.807, 2.05) is 50.3 Å². The predicted molar refractivity (Wildman–Crippen MR) is 87.0 cm³/mol. The largest absolute Gasteiger partial charge is 0.387 e. The van der Waals surface area contributed by atoms with Crippen molar-refractivity contribution in [1.29, 1.82) is 0 Å². The molecule has 1 aromatic carbocycles. The van der Waals surface area contributed by atoms with E-state index in [1.54, 1.807) is 0 Å². The third kappa shape index (κ3) is 3.32. The standard InChI is InChI=1S/C16H19IO4/c1-16(2)20-14-11(17)8-12(13(18)15(14)21-16)19-9-10-6-4-3-5-7-10/h3-8,12-15,18H,9H2,1-2H3/t12?,13-,14?,15?/m1/s1. The molecule has 1 N–H and O–H groups in total. The van der Waals surface area contributed by atoms with Gasteiger partial charge in [-0.2, -0.15) is 0 Å².